The van der Waals surface area contributed by atoms with Crippen molar-refractivity contribution < 1.29 is 9.53 Å². The van der Waals surface area contributed by atoms with Crippen LogP contribution in [0.1, 0.15) is 25.3 Å². The molecule has 1 saturated heterocycles. The topological polar surface area (TPSA) is 38.3 Å². The summed E-state index contributed by atoms with van der Waals surface area (Å²) in [6.07, 6.45) is 4.01. The van der Waals surface area contributed by atoms with Gasteiger partial charge in [0, 0.05) is 0 Å². The van der Waals surface area contributed by atoms with Gasteiger partial charge in [0.2, 0.25) is 0 Å². The fraction of sp³-hybridized carbons (Fsp3) is 0.286. The largest absolute Gasteiger partial charge is 0.494 e. The molecule has 0 unspecified atom stereocenters. The maximum Gasteiger partial charge on any atom is 0.263 e. The molecule has 100 valence electrons. The fourth-order valence-corrected chi connectivity index (χ4v) is 2.61. The van der Waals surface area contributed by atoms with E-state index in [2.05, 4.69) is 12.2 Å². The van der Waals surface area contributed by atoms with Crippen LogP contribution in [0.5, 0.6) is 5.75 Å². The molecule has 1 N–H and O–H groups in total. The lowest BCUT2D eigenvalue weighted by Crippen LogP contribution is -2.17. The van der Waals surface area contributed by atoms with Gasteiger partial charge in [-0.05, 0) is 30.2 Å². The number of hydrogen-bond donors (Lipinski definition) is 1. The van der Waals surface area contributed by atoms with Crippen LogP contribution >= 0.6 is 24.0 Å². The van der Waals surface area contributed by atoms with Gasteiger partial charge < -0.3 is 10.1 Å². The van der Waals surface area contributed by atoms with Crippen LogP contribution in [0.25, 0.3) is 6.08 Å². The van der Waals surface area contributed by atoms with Crippen LogP contribution in [0.4, 0.5) is 0 Å². The van der Waals surface area contributed by atoms with E-state index < -0.39 is 0 Å². The van der Waals surface area contributed by atoms with Gasteiger partial charge in [-0.1, -0.05) is 49.5 Å². The molecular weight excluding hydrogens is 278 g/mol. The fourth-order valence-electron chi connectivity index (χ4n) is 1.57. The minimum Gasteiger partial charge on any atom is -0.494 e. The smallest absolute Gasteiger partial charge is 0.263 e. The van der Waals surface area contributed by atoms with Crippen molar-refractivity contribution in [2.24, 2.45) is 0 Å². The van der Waals surface area contributed by atoms with Gasteiger partial charge >= 0.3 is 0 Å². The van der Waals surface area contributed by atoms with Crippen LogP contribution in [0.15, 0.2) is 29.2 Å². The molecule has 0 aromatic heterocycles. The lowest BCUT2D eigenvalue weighted by atomic mass is 10.2. The number of hydrogen-bond acceptors (Lipinski definition) is 4. The number of carbonyl (C=O) groups excluding carboxylic acids is 1. The highest BCUT2D eigenvalue weighted by atomic mass is 32.2. The number of thiocarbonyl (C=S) groups is 1. The number of rotatable bonds is 5. The number of thioether (sulfide) groups is 1. The third-order valence-corrected chi connectivity index (χ3v) is 3.75. The molecule has 2 rings (SSSR count). The quantitative estimate of drug-likeness (QED) is 0.513. The SMILES string of the molecule is CCCCOc1ccc(/C=C2\SC(=S)NC2=O)cc1. The van der Waals surface area contributed by atoms with Crippen molar-refractivity contribution in [3.05, 3.63) is 34.7 Å². The van der Waals surface area contributed by atoms with Gasteiger partial charge in [-0.2, -0.15) is 0 Å². The minimum atomic E-state index is -0.127. The first-order valence-corrected chi connectivity index (χ1v) is 7.39. The van der Waals surface area contributed by atoms with Crippen LogP contribution in [0, 0.1) is 0 Å². The summed E-state index contributed by atoms with van der Waals surface area (Å²) >= 11 is 6.23. The lowest BCUT2D eigenvalue weighted by molar-refractivity contribution is -0.115. The Balaban J connectivity index is 2.00. The van der Waals surface area contributed by atoms with Crippen LogP contribution in [-0.4, -0.2) is 16.8 Å². The van der Waals surface area contributed by atoms with E-state index in [9.17, 15) is 4.79 Å². The summed E-state index contributed by atoms with van der Waals surface area (Å²) in [5, 5.41) is 2.60. The van der Waals surface area contributed by atoms with Gasteiger partial charge in [0.25, 0.3) is 5.91 Å². The first-order valence-electron chi connectivity index (χ1n) is 6.17. The number of amides is 1. The molecule has 1 aliphatic rings. The van der Waals surface area contributed by atoms with E-state index in [0.29, 0.717) is 9.23 Å². The van der Waals surface area contributed by atoms with E-state index in [0.717, 1.165) is 30.8 Å². The molecule has 5 heteroatoms. The molecular formula is C14H15NO2S2. The number of ether oxygens (including phenoxy) is 1. The molecule has 0 spiro atoms. The molecule has 19 heavy (non-hydrogen) atoms. The Hall–Kier alpha value is -1.33. The molecule has 0 radical (unpaired) electrons. The summed E-state index contributed by atoms with van der Waals surface area (Å²) in [6, 6.07) is 7.70. The zero-order chi connectivity index (χ0) is 13.7. The molecule has 1 fully saturated rings. The summed E-state index contributed by atoms with van der Waals surface area (Å²) in [5.41, 5.74) is 0.963. The Kier molecular flexibility index (Phi) is 4.99. The van der Waals surface area contributed by atoms with Crippen molar-refractivity contribution in [3.8, 4) is 5.75 Å². The normalized spacial score (nSPS) is 16.8. The highest BCUT2D eigenvalue weighted by Gasteiger charge is 2.21. The maximum atomic E-state index is 11.5. The molecule has 0 atom stereocenters. The van der Waals surface area contributed by atoms with E-state index in [1.54, 1.807) is 0 Å². The highest BCUT2D eigenvalue weighted by Crippen LogP contribution is 2.26. The Morgan fingerprint density at radius 1 is 1.37 bits per heavy atom. The first kappa shape index (κ1) is 14.1. The van der Waals surface area contributed by atoms with Gasteiger partial charge in [0.1, 0.15) is 10.1 Å². The van der Waals surface area contributed by atoms with Gasteiger partial charge in [-0.15, -0.1) is 0 Å². The minimum absolute atomic E-state index is 0.127. The summed E-state index contributed by atoms with van der Waals surface area (Å²) in [5.74, 6) is 0.730. The third kappa shape index (κ3) is 4.08. The molecule has 0 saturated carbocycles. The van der Waals surface area contributed by atoms with Crippen LogP contribution in [0.2, 0.25) is 0 Å². The highest BCUT2D eigenvalue weighted by molar-refractivity contribution is 8.26. The Morgan fingerprint density at radius 2 is 2.11 bits per heavy atom. The Bertz CT molecular complexity index is 509. The second-order valence-corrected chi connectivity index (χ2v) is 5.84. The van der Waals surface area contributed by atoms with Crippen LogP contribution in [-0.2, 0) is 4.79 Å². The molecule has 1 heterocycles. The number of nitrogens with one attached hydrogen (secondary N) is 1. The zero-order valence-corrected chi connectivity index (χ0v) is 12.3. The molecule has 1 aromatic carbocycles. The molecule has 1 aliphatic heterocycles. The van der Waals surface area contributed by atoms with E-state index in [1.165, 1.54) is 11.8 Å². The van der Waals surface area contributed by atoms with Crippen molar-refractivity contribution in [1.82, 2.24) is 5.32 Å². The zero-order valence-electron chi connectivity index (χ0n) is 10.6. The second-order valence-electron chi connectivity index (χ2n) is 4.12. The predicted octanol–water partition coefficient (Wildman–Crippen LogP) is 3.35. The average molecular weight is 293 g/mol. The molecule has 0 bridgehead atoms. The van der Waals surface area contributed by atoms with E-state index in [1.807, 2.05) is 30.3 Å². The van der Waals surface area contributed by atoms with E-state index >= 15 is 0 Å². The molecule has 3 nitrogen and oxygen atoms in total. The number of carbonyl (C=O) groups is 1. The predicted molar refractivity (Wildman–Crippen MR) is 83.2 cm³/mol. The summed E-state index contributed by atoms with van der Waals surface area (Å²) in [4.78, 5) is 12.1. The van der Waals surface area contributed by atoms with E-state index in [4.69, 9.17) is 17.0 Å². The van der Waals surface area contributed by atoms with Crippen molar-refractivity contribution in [2.45, 2.75) is 19.8 Å². The summed E-state index contributed by atoms with van der Waals surface area (Å²) in [7, 11) is 0. The Morgan fingerprint density at radius 3 is 2.68 bits per heavy atom. The number of unbranched alkanes of at least 4 members (excludes halogenated alkanes) is 1. The van der Waals surface area contributed by atoms with Crippen LogP contribution in [0.3, 0.4) is 0 Å². The monoisotopic (exact) mass is 293 g/mol. The van der Waals surface area contributed by atoms with Crippen molar-refractivity contribution in [2.75, 3.05) is 6.61 Å². The van der Waals surface area contributed by atoms with Crippen LogP contribution < -0.4 is 10.1 Å². The maximum absolute atomic E-state index is 11.5. The average Bonchev–Trinajstić information content (AvgIpc) is 2.70. The molecule has 1 aromatic rings. The number of benzene rings is 1. The lowest BCUT2D eigenvalue weighted by Gasteiger charge is -2.05. The summed E-state index contributed by atoms with van der Waals surface area (Å²) in [6.45, 7) is 2.87. The van der Waals surface area contributed by atoms with Crippen molar-refractivity contribution >= 4 is 40.3 Å². The second kappa shape index (κ2) is 6.73. The van der Waals surface area contributed by atoms with Crippen molar-refractivity contribution in [3.63, 3.8) is 0 Å². The van der Waals surface area contributed by atoms with Crippen molar-refractivity contribution in [1.29, 1.82) is 0 Å². The Labute approximate surface area is 122 Å². The van der Waals surface area contributed by atoms with Gasteiger partial charge in [-0.25, -0.2) is 0 Å². The van der Waals surface area contributed by atoms with E-state index in [-0.39, 0.29) is 5.91 Å². The van der Waals surface area contributed by atoms with Gasteiger partial charge in [-0.3, -0.25) is 4.79 Å². The third-order valence-electron chi connectivity index (χ3n) is 2.59. The molecule has 0 aliphatic carbocycles. The van der Waals surface area contributed by atoms with Gasteiger partial charge in [0.15, 0.2) is 0 Å². The standard InChI is InChI=1S/C14H15NO2S2/c1-2-3-8-17-11-6-4-10(5-7-11)9-12-13(16)15-14(18)19-12/h4-7,9H,2-3,8H2,1H3,(H,15,16,18)/b12-9-. The van der Waals surface area contributed by atoms with Gasteiger partial charge in [0.05, 0.1) is 11.5 Å². The summed E-state index contributed by atoms with van der Waals surface area (Å²) < 4.78 is 6.09. The first-order chi connectivity index (χ1) is 9.19. The molecule has 1 amide bonds.